The van der Waals surface area contributed by atoms with Gasteiger partial charge in [-0.3, -0.25) is 19.5 Å². The fraction of sp³-hybridized carbons (Fsp3) is 0.0556. The Kier molecular flexibility index (Phi) is 4.93. The molecule has 1 N–H and O–H groups in total. The van der Waals surface area contributed by atoms with Gasteiger partial charge >= 0.3 is 0 Å². The molecule has 1 heterocycles. The Balaban J connectivity index is 1.97. The highest BCUT2D eigenvalue weighted by molar-refractivity contribution is 5.85. The summed E-state index contributed by atoms with van der Waals surface area (Å²) >= 11 is 0. The number of allylic oxidation sites excluding steroid dienone is 1. The van der Waals surface area contributed by atoms with Crippen LogP contribution in [0.15, 0.2) is 65.0 Å². The van der Waals surface area contributed by atoms with E-state index < -0.39 is 10.7 Å². The number of benzene rings is 2. The highest BCUT2D eigenvalue weighted by atomic mass is 16.6. The number of non-ortho nitro benzene ring substituents is 1. The third kappa shape index (κ3) is 3.66. The number of nitro groups is 1. The van der Waals surface area contributed by atoms with Gasteiger partial charge in [0, 0.05) is 18.7 Å². The first-order valence-electron chi connectivity index (χ1n) is 7.86. The van der Waals surface area contributed by atoms with Crippen molar-refractivity contribution in [2.45, 2.75) is 6.54 Å². The molecule has 0 spiro atoms. The van der Waals surface area contributed by atoms with Crippen molar-refractivity contribution >= 4 is 28.8 Å². The largest absolute Gasteiger partial charge is 0.872 e. The third-order valence-electron chi connectivity index (χ3n) is 3.75. The van der Waals surface area contributed by atoms with E-state index in [1.54, 1.807) is 30.3 Å². The molecule has 2 aromatic carbocycles. The summed E-state index contributed by atoms with van der Waals surface area (Å²) in [4.78, 5) is 27.2. The molecule has 0 bridgehead atoms. The lowest BCUT2D eigenvalue weighted by atomic mass is 10.2. The van der Waals surface area contributed by atoms with E-state index in [1.165, 1.54) is 4.57 Å². The summed E-state index contributed by atoms with van der Waals surface area (Å²) in [5.74, 6) is -0.256. The molecule has 136 valence electrons. The van der Waals surface area contributed by atoms with Gasteiger partial charge in [0.15, 0.2) is 0 Å². The van der Waals surface area contributed by atoms with Crippen LogP contribution in [0.1, 0.15) is 5.56 Å². The molecule has 0 aliphatic carbocycles. The predicted octanol–water partition coefficient (Wildman–Crippen LogP) is 2.01. The maximum atomic E-state index is 12.6. The van der Waals surface area contributed by atoms with Gasteiger partial charge in [-0.2, -0.15) is 5.10 Å². The van der Waals surface area contributed by atoms with Gasteiger partial charge in [-0.1, -0.05) is 30.0 Å². The maximum absolute atomic E-state index is 12.6. The van der Waals surface area contributed by atoms with Crippen LogP contribution in [0.25, 0.3) is 10.9 Å². The zero-order chi connectivity index (χ0) is 19.4. The van der Waals surface area contributed by atoms with Crippen molar-refractivity contribution in [3.63, 3.8) is 0 Å². The Morgan fingerprint density at radius 3 is 2.81 bits per heavy atom. The van der Waals surface area contributed by atoms with E-state index >= 15 is 0 Å². The summed E-state index contributed by atoms with van der Waals surface area (Å²) in [6.07, 6.45) is 2.69. The van der Waals surface area contributed by atoms with Crippen molar-refractivity contribution in [1.29, 1.82) is 0 Å². The van der Waals surface area contributed by atoms with Gasteiger partial charge in [0.25, 0.3) is 11.2 Å². The predicted molar refractivity (Wildman–Crippen MR) is 100.0 cm³/mol. The van der Waals surface area contributed by atoms with Crippen LogP contribution >= 0.6 is 0 Å². The van der Waals surface area contributed by atoms with Gasteiger partial charge in [-0.05, 0) is 17.7 Å². The first kappa shape index (κ1) is 17.8. The van der Waals surface area contributed by atoms with Gasteiger partial charge in [-0.15, -0.1) is 6.58 Å². The molecule has 0 aliphatic rings. The summed E-state index contributed by atoms with van der Waals surface area (Å²) in [5, 5.41) is 27.0. The number of para-hydroxylation sites is 1. The molecule has 1 aromatic heterocycles. The van der Waals surface area contributed by atoms with Crippen molar-refractivity contribution in [2.24, 2.45) is 5.10 Å². The van der Waals surface area contributed by atoms with E-state index in [1.807, 2.05) is 0 Å². The summed E-state index contributed by atoms with van der Waals surface area (Å²) in [7, 11) is 0. The Morgan fingerprint density at radius 2 is 2.07 bits per heavy atom. The second-order valence-electron chi connectivity index (χ2n) is 5.51. The first-order chi connectivity index (χ1) is 13.0. The molecule has 27 heavy (non-hydrogen) atoms. The smallest absolute Gasteiger partial charge is 0.270 e. The summed E-state index contributed by atoms with van der Waals surface area (Å²) in [6, 6.07) is 10.2. The molecular weight excluding hydrogens is 350 g/mol. The fourth-order valence-corrected chi connectivity index (χ4v) is 2.46. The molecule has 9 nitrogen and oxygen atoms in total. The summed E-state index contributed by atoms with van der Waals surface area (Å²) in [6.45, 7) is 3.83. The zero-order valence-electron chi connectivity index (χ0n) is 14.0. The van der Waals surface area contributed by atoms with Gasteiger partial charge in [-0.25, -0.2) is 10.4 Å². The van der Waals surface area contributed by atoms with Crippen molar-refractivity contribution in [2.75, 3.05) is 5.43 Å². The average molecular weight is 364 g/mol. The molecule has 0 saturated carbocycles. The van der Waals surface area contributed by atoms with E-state index in [9.17, 15) is 20.0 Å². The molecule has 3 rings (SSSR count). The normalized spacial score (nSPS) is 11.0. The number of hydrazone groups is 1. The van der Waals surface area contributed by atoms with Crippen LogP contribution in [0.4, 0.5) is 11.6 Å². The lowest BCUT2D eigenvalue weighted by Gasteiger charge is -2.11. The molecule has 9 heteroatoms. The minimum atomic E-state index is -0.600. The van der Waals surface area contributed by atoms with E-state index in [4.69, 9.17) is 0 Å². The van der Waals surface area contributed by atoms with Crippen molar-refractivity contribution in [3.8, 4) is 5.75 Å². The van der Waals surface area contributed by atoms with Crippen molar-refractivity contribution < 1.29 is 10.0 Å². The SMILES string of the molecule is C=CCn1c(N/N=C\c2cc([N+](=O)[O-])ccc2[O-])nc2ccccc2c1=O. The third-order valence-corrected chi connectivity index (χ3v) is 3.75. The standard InChI is InChI=1S/C18H15N5O4/c1-2-9-22-17(25)14-5-3-4-6-15(14)20-18(22)21-19-11-12-10-13(23(26)27)7-8-16(12)24/h2-8,10-11,24H,1,9H2,(H,20,21)/p-1/b19-11-. The number of fused-ring (bicyclic) bond motifs is 1. The summed E-state index contributed by atoms with van der Waals surface area (Å²) in [5.41, 5.74) is 2.66. The second-order valence-corrected chi connectivity index (χ2v) is 5.51. The zero-order valence-corrected chi connectivity index (χ0v) is 14.0. The fourth-order valence-electron chi connectivity index (χ4n) is 2.46. The van der Waals surface area contributed by atoms with Crippen LogP contribution in [0.3, 0.4) is 0 Å². The number of nitrogens with one attached hydrogen (secondary N) is 1. The van der Waals surface area contributed by atoms with E-state index in [0.29, 0.717) is 10.9 Å². The van der Waals surface area contributed by atoms with Gasteiger partial charge < -0.3 is 5.11 Å². The number of rotatable bonds is 6. The van der Waals surface area contributed by atoms with E-state index in [0.717, 1.165) is 24.4 Å². The number of hydrogen-bond acceptors (Lipinski definition) is 7. The van der Waals surface area contributed by atoms with Crippen LogP contribution in [0, 0.1) is 10.1 Å². The van der Waals surface area contributed by atoms with Gasteiger partial charge in [0.2, 0.25) is 5.95 Å². The Hall–Kier alpha value is -4.01. The second kappa shape index (κ2) is 7.48. The lowest BCUT2D eigenvalue weighted by molar-refractivity contribution is -0.385. The number of nitrogens with zero attached hydrogens (tertiary/aromatic N) is 4. The van der Waals surface area contributed by atoms with Gasteiger partial charge in [0.05, 0.1) is 22.0 Å². The minimum Gasteiger partial charge on any atom is -0.872 e. The number of hydrogen-bond donors (Lipinski definition) is 1. The lowest BCUT2D eigenvalue weighted by Crippen LogP contribution is -2.23. The van der Waals surface area contributed by atoms with Gasteiger partial charge in [0.1, 0.15) is 0 Å². The first-order valence-corrected chi connectivity index (χ1v) is 7.86. The topological polar surface area (TPSA) is 125 Å². The van der Waals surface area contributed by atoms with Crippen molar-refractivity contribution in [3.05, 3.63) is 81.2 Å². The molecule has 0 fully saturated rings. The minimum absolute atomic E-state index is 0.0371. The number of aromatic nitrogens is 2. The molecule has 0 amide bonds. The molecule has 0 aliphatic heterocycles. The van der Waals surface area contributed by atoms with Crippen LogP contribution in [0.5, 0.6) is 5.75 Å². The van der Waals surface area contributed by atoms with E-state index in [-0.39, 0.29) is 29.3 Å². The van der Waals surface area contributed by atoms with Crippen LogP contribution in [-0.2, 0) is 6.54 Å². The quantitative estimate of drug-likeness (QED) is 0.309. The number of anilines is 1. The maximum Gasteiger partial charge on any atom is 0.270 e. The highest BCUT2D eigenvalue weighted by Gasteiger charge is 2.09. The van der Waals surface area contributed by atoms with Crippen LogP contribution < -0.4 is 16.1 Å². The molecule has 0 atom stereocenters. The molecule has 0 radical (unpaired) electrons. The molecule has 0 saturated heterocycles. The Labute approximate surface area is 153 Å². The molecule has 3 aromatic rings. The summed E-state index contributed by atoms with van der Waals surface area (Å²) < 4.78 is 1.35. The van der Waals surface area contributed by atoms with E-state index in [2.05, 4.69) is 22.1 Å². The average Bonchev–Trinajstić information content (AvgIpc) is 2.66. The Bertz CT molecular complexity index is 1120. The monoisotopic (exact) mass is 364 g/mol. The number of nitro benzene ring substituents is 1. The molecular formula is C18H14N5O4-. The highest BCUT2D eigenvalue weighted by Crippen LogP contribution is 2.19. The molecule has 0 unspecified atom stereocenters. The Morgan fingerprint density at radius 1 is 1.30 bits per heavy atom. The van der Waals surface area contributed by atoms with Crippen LogP contribution in [0.2, 0.25) is 0 Å². The van der Waals surface area contributed by atoms with Crippen molar-refractivity contribution in [1.82, 2.24) is 9.55 Å². The van der Waals surface area contributed by atoms with Crippen LogP contribution in [-0.4, -0.2) is 20.7 Å².